The molecule has 0 N–H and O–H groups in total. The van der Waals surface area contributed by atoms with Gasteiger partial charge in [0.1, 0.15) is 6.61 Å². The van der Waals surface area contributed by atoms with E-state index in [1.54, 1.807) is 6.92 Å². The van der Waals surface area contributed by atoms with Gasteiger partial charge in [0.2, 0.25) is 0 Å². The Bertz CT molecular complexity index is 285. The SMILES string of the molecule is C=C(C)C(=O)OCCOCC(OCC)O[Si](C)(C)C. The fourth-order valence-corrected chi connectivity index (χ4v) is 2.12. The smallest absolute Gasteiger partial charge is 0.333 e. The molecule has 0 bridgehead atoms. The van der Waals surface area contributed by atoms with Crippen molar-refractivity contribution in [2.24, 2.45) is 0 Å². The fraction of sp³-hybridized carbons (Fsp3) is 0.769. The zero-order chi connectivity index (χ0) is 14.9. The van der Waals surface area contributed by atoms with Crippen LogP contribution in [-0.4, -0.2) is 47.0 Å². The predicted molar refractivity (Wildman–Crippen MR) is 76.4 cm³/mol. The maximum atomic E-state index is 11.1. The molecule has 0 aromatic rings. The maximum absolute atomic E-state index is 11.1. The van der Waals surface area contributed by atoms with E-state index in [0.717, 1.165) is 0 Å². The van der Waals surface area contributed by atoms with E-state index in [4.69, 9.17) is 18.6 Å². The van der Waals surface area contributed by atoms with Crippen LogP contribution in [0.1, 0.15) is 13.8 Å². The van der Waals surface area contributed by atoms with Crippen LogP contribution in [0.5, 0.6) is 0 Å². The molecule has 0 amide bonds. The molecule has 0 aromatic heterocycles. The second kappa shape index (κ2) is 9.25. The highest BCUT2D eigenvalue weighted by Crippen LogP contribution is 2.09. The highest BCUT2D eigenvalue weighted by Gasteiger charge is 2.21. The van der Waals surface area contributed by atoms with Gasteiger partial charge in [-0.3, -0.25) is 0 Å². The van der Waals surface area contributed by atoms with Gasteiger partial charge in [-0.2, -0.15) is 0 Å². The predicted octanol–water partition coefficient (Wildman–Crippen LogP) is 2.34. The minimum Gasteiger partial charge on any atom is -0.460 e. The van der Waals surface area contributed by atoms with E-state index >= 15 is 0 Å². The second-order valence-electron chi connectivity index (χ2n) is 5.11. The molecule has 5 nitrogen and oxygen atoms in total. The van der Waals surface area contributed by atoms with Crippen molar-refractivity contribution in [1.29, 1.82) is 0 Å². The lowest BCUT2D eigenvalue weighted by atomic mass is 10.4. The van der Waals surface area contributed by atoms with Gasteiger partial charge in [-0.15, -0.1) is 0 Å². The lowest BCUT2D eigenvalue weighted by molar-refractivity contribution is -0.144. The summed E-state index contributed by atoms with van der Waals surface area (Å²) in [5.41, 5.74) is 0.384. The molecule has 112 valence electrons. The Morgan fingerprint density at radius 1 is 1.26 bits per heavy atom. The number of carbonyl (C=O) groups is 1. The van der Waals surface area contributed by atoms with Crippen molar-refractivity contribution in [2.45, 2.75) is 39.8 Å². The average Bonchev–Trinajstić information content (AvgIpc) is 2.26. The quantitative estimate of drug-likeness (QED) is 0.203. The molecule has 0 saturated heterocycles. The normalized spacial score (nSPS) is 13.1. The highest BCUT2D eigenvalue weighted by atomic mass is 28.4. The topological polar surface area (TPSA) is 54.0 Å². The lowest BCUT2D eigenvalue weighted by Crippen LogP contribution is -2.36. The van der Waals surface area contributed by atoms with E-state index in [1.807, 2.05) is 6.92 Å². The Balaban J connectivity index is 3.81. The Morgan fingerprint density at radius 3 is 2.37 bits per heavy atom. The van der Waals surface area contributed by atoms with Gasteiger partial charge >= 0.3 is 5.97 Å². The number of carbonyl (C=O) groups excluding carboxylic acids is 1. The van der Waals surface area contributed by atoms with E-state index < -0.39 is 14.3 Å². The van der Waals surface area contributed by atoms with Crippen molar-refractivity contribution in [2.75, 3.05) is 26.4 Å². The fourth-order valence-electron chi connectivity index (χ4n) is 1.19. The summed E-state index contributed by atoms with van der Waals surface area (Å²) < 4.78 is 21.6. The summed E-state index contributed by atoms with van der Waals surface area (Å²) in [7, 11) is -1.66. The van der Waals surface area contributed by atoms with Crippen molar-refractivity contribution >= 4 is 14.3 Å². The Morgan fingerprint density at radius 2 is 1.89 bits per heavy atom. The van der Waals surface area contributed by atoms with Crippen molar-refractivity contribution in [3.63, 3.8) is 0 Å². The average molecular weight is 290 g/mol. The molecule has 0 aliphatic rings. The molecule has 0 fully saturated rings. The summed E-state index contributed by atoms with van der Waals surface area (Å²) >= 11 is 0. The van der Waals surface area contributed by atoms with Gasteiger partial charge in [-0.1, -0.05) is 6.58 Å². The first-order valence-electron chi connectivity index (χ1n) is 6.46. The van der Waals surface area contributed by atoms with Crippen molar-refractivity contribution in [3.05, 3.63) is 12.2 Å². The van der Waals surface area contributed by atoms with Crippen molar-refractivity contribution in [3.8, 4) is 0 Å². The van der Waals surface area contributed by atoms with E-state index in [9.17, 15) is 4.79 Å². The zero-order valence-electron chi connectivity index (χ0n) is 12.7. The monoisotopic (exact) mass is 290 g/mol. The van der Waals surface area contributed by atoms with Crippen LogP contribution in [-0.2, 0) is 23.4 Å². The number of ether oxygens (including phenoxy) is 3. The minimum absolute atomic E-state index is 0.206. The standard InChI is InChI=1S/C13H26O5Si/c1-7-16-12(18-19(4,5)6)10-15-8-9-17-13(14)11(2)3/h12H,2,7-10H2,1,3-6H3. The highest BCUT2D eigenvalue weighted by molar-refractivity contribution is 6.69. The summed E-state index contributed by atoms with van der Waals surface area (Å²) in [4.78, 5) is 11.1. The zero-order valence-corrected chi connectivity index (χ0v) is 13.7. The molecule has 0 aliphatic heterocycles. The van der Waals surface area contributed by atoms with Gasteiger partial charge in [0.15, 0.2) is 14.6 Å². The number of hydrogen-bond acceptors (Lipinski definition) is 5. The molecule has 0 rings (SSSR count). The molecule has 0 aromatic carbocycles. The van der Waals surface area contributed by atoms with Crippen LogP contribution in [0, 0.1) is 0 Å². The lowest BCUT2D eigenvalue weighted by Gasteiger charge is -2.25. The van der Waals surface area contributed by atoms with Gasteiger partial charge in [0, 0.05) is 12.2 Å². The van der Waals surface area contributed by atoms with Gasteiger partial charge in [0.25, 0.3) is 0 Å². The third-order valence-electron chi connectivity index (χ3n) is 1.90. The number of rotatable bonds is 10. The first kappa shape index (κ1) is 18.3. The van der Waals surface area contributed by atoms with Gasteiger partial charge in [-0.05, 0) is 33.5 Å². The second-order valence-corrected chi connectivity index (χ2v) is 9.57. The third kappa shape index (κ3) is 10.9. The van der Waals surface area contributed by atoms with E-state index in [1.165, 1.54) is 0 Å². The summed E-state index contributed by atoms with van der Waals surface area (Å²) in [6.45, 7) is 14.7. The van der Waals surface area contributed by atoms with Gasteiger partial charge in [-0.25, -0.2) is 4.79 Å². The van der Waals surface area contributed by atoms with Crippen LogP contribution in [0.4, 0.5) is 0 Å². The molecule has 0 saturated carbocycles. The molecule has 1 unspecified atom stereocenters. The van der Waals surface area contributed by atoms with Crippen LogP contribution in [0.25, 0.3) is 0 Å². The minimum atomic E-state index is -1.66. The molecule has 1 atom stereocenters. The first-order chi connectivity index (χ1) is 8.76. The molecule has 6 heteroatoms. The summed E-state index contributed by atoms with van der Waals surface area (Å²) in [5, 5.41) is 0. The van der Waals surface area contributed by atoms with Crippen LogP contribution < -0.4 is 0 Å². The Labute approximate surface area is 117 Å². The molecule has 0 spiro atoms. The maximum Gasteiger partial charge on any atom is 0.333 e. The summed E-state index contributed by atoms with van der Waals surface area (Å²) in [6, 6.07) is 0. The summed E-state index contributed by atoms with van der Waals surface area (Å²) in [5.74, 6) is -0.400. The Kier molecular flexibility index (Phi) is 8.91. The van der Waals surface area contributed by atoms with Gasteiger partial charge in [0.05, 0.1) is 13.2 Å². The van der Waals surface area contributed by atoms with E-state index in [-0.39, 0.29) is 12.9 Å². The molecule has 0 aliphatic carbocycles. The number of esters is 1. The molecular weight excluding hydrogens is 264 g/mol. The van der Waals surface area contributed by atoms with Crippen LogP contribution in [0.3, 0.4) is 0 Å². The van der Waals surface area contributed by atoms with Crippen LogP contribution >= 0.6 is 0 Å². The molecule has 0 radical (unpaired) electrons. The molecule has 0 heterocycles. The molecule has 19 heavy (non-hydrogen) atoms. The van der Waals surface area contributed by atoms with Crippen molar-refractivity contribution < 1.29 is 23.4 Å². The van der Waals surface area contributed by atoms with E-state index in [0.29, 0.717) is 25.4 Å². The third-order valence-corrected chi connectivity index (χ3v) is 2.87. The Hall–Kier alpha value is -0.693. The summed E-state index contributed by atoms with van der Waals surface area (Å²) in [6.07, 6.45) is -0.353. The molecular formula is C13H26O5Si. The van der Waals surface area contributed by atoms with Crippen LogP contribution in [0.15, 0.2) is 12.2 Å². The van der Waals surface area contributed by atoms with Gasteiger partial charge < -0.3 is 18.6 Å². The van der Waals surface area contributed by atoms with E-state index in [2.05, 4.69) is 26.2 Å². The largest absolute Gasteiger partial charge is 0.460 e. The van der Waals surface area contributed by atoms with Crippen LogP contribution in [0.2, 0.25) is 19.6 Å². The number of hydrogen-bond donors (Lipinski definition) is 0. The van der Waals surface area contributed by atoms with Crippen molar-refractivity contribution in [1.82, 2.24) is 0 Å². The first-order valence-corrected chi connectivity index (χ1v) is 9.87.